The predicted octanol–water partition coefficient (Wildman–Crippen LogP) is 2.23. The van der Waals surface area contributed by atoms with Crippen molar-refractivity contribution in [1.82, 2.24) is 10.6 Å². The van der Waals surface area contributed by atoms with Crippen LogP contribution in [0.25, 0.3) is 0 Å². The van der Waals surface area contributed by atoms with Gasteiger partial charge < -0.3 is 20.5 Å². The molecule has 1 rings (SSSR count). The van der Waals surface area contributed by atoms with Gasteiger partial charge in [-0.25, -0.2) is 9.59 Å². The molecule has 1 aromatic heterocycles. The zero-order chi connectivity index (χ0) is 15.7. The van der Waals surface area contributed by atoms with Crippen molar-refractivity contribution in [1.29, 1.82) is 0 Å². The fourth-order valence-corrected chi connectivity index (χ4v) is 3.17. The number of amides is 2. The van der Waals surface area contributed by atoms with E-state index in [0.29, 0.717) is 32.4 Å². The van der Waals surface area contributed by atoms with Crippen LogP contribution >= 0.6 is 27.3 Å². The molecule has 0 fully saturated rings. The third-order valence-corrected chi connectivity index (χ3v) is 4.41. The maximum Gasteiger partial charge on any atom is 0.326 e. The number of hydrogen-bond donors (Lipinski definition) is 3. The largest absolute Gasteiger partial charge is 0.480 e. The number of carboxylic acids is 1. The van der Waals surface area contributed by atoms with Crippen LogP contribution in [-0.4, -0.2) is 43.4 Å². The number of ether oxygens (including phenoxy) is 1. The summed E-state index contributed by atoms with van der Waals surface area (Å²) in [7, 11) is 1.55. The van der Waals surface area contributed by atoms with Crippen LogP contribution < -0.4 is 10.6 Å². The molecule has 1 atom stereocenters. The fourth-order valence-electron chi connectivity index (χ4n) is 1.68. The van der Waals surface area contributed by atoms with Gasteiger partial charge in [-0.3, -0.25) is 0 Å². The summed E-state index contributed by atoms with van der Waals surface area (Å²) < 4.78 is 5.92. The lowest BCUT2D eigenvalue weighted by molar-refractivity contribution is -0.139. The lowest BCUT2D eigenvalue weighted by Gasteiger charge is -2.14. The van der Waals surface area contributed by atoms with E-state index in [1.807, 2.05) is 12.1 Å². The normalized spacial score (nSPS) is 11.9. The van der Waals surface area contributed by atoms with Crippen LogP contribution in [0.1, 0.15) is 17.7 Å². The molecular weight excluding hydrogens is 360 g/mol. The predicted molar refractivity (Wildman–Crippen MR) is 84.8 cm³/mol. The molecule has 0 aliphatic heterocycles. The molecule has 0 saturated carbocycles. The molecule has 2 amide bonds. The number of urea groups is 1. The molecule has 0 aromatic carbocycles. The van der Waals surface area contributed by atoms with Gasteiger partial charge in [0.2, 0.25) is 0 Å². The van der Waals surface area contributed by atoms with E-state index in [-0.39, 0.29) is 0 Å². The number of halogens is 1. The van der Waals surface area contributed by atoms with Gasteiger partial charge in [0.25, 0.3) is 0 Å². The minimum atomic E-state index is -1.04. The van der Waals surface area contributed by atoms with E-state index >= 15 is 0 Å². The molecule has 0 saturated heterocycles. The van der Waals surface area contributed by atoms with Crippen molar-refractivity contribution in [3.05, 3.63) is 20.8 Å². The van der Waals surface area contributed by atoms with Crippen molar-refractivity contribution in [3.8, 4) is 0 Å². The summed E-state index contributed by atoms with van der Waals surface area (Å²) in [6, 6.07) is 2.58. The van der Waals surface area contributed by atoms with E-state index in [2.05, 4.69) is 26.6 Å². The lowest BCUT2D eigenvalue weighted by Crippen LogP contribution is -2.46. The van der Waals surface area contributed by atoms with Gasteiger partial charge in [-0.2, -0.15) is 0 Å². The Morgan fingerprint density at radius 3 is 2.81 bits per heavy atom. The van der Waals surface area contributed by atoms with Gasteiger partial charge in [-0.05, 0) is 47.3 Å². The second kappa shape index (κ2) is 9.75. The van der Waals surface area contributed by atoms with Crippen LogP contribution in [0.3, 0.4) is 0 Å². The van der Waals surface area contributed by atoms with E-state index in [1.165, 1.54) is 0 Å². The van der Waals surface area contributed by atoms with Gasteiger partial charge in [0, 0.05) is 25.1 Å². The Kier molecular flexibility index (Phi) is 8.33. The topological polar surface area (TPSA) is 87.7 Å². The first-order valence-electron chi connectivity index (χ1n) is 6.53. The van der Waals surface area contributed by atoms with Gasteiger partial charge in [0.15, 0.2) is 0 Å². The fraction of sp³-hybridized carbons (Fsp3) is 0.538. The Balaban J connectivity index is 2.27. The Labute approximate surface area is 136 Å². The number of carboxylic acid groups (broad SMARTS) is 1. The first-order chi connectivity index (χ1) is 10.0. The number of thiophene rings is 1. The number of rotatable bonds is 9. The highest BCUT2D eigenvalue weighted by molar-refractivity contribution is 9.11. The third kappa shape index (κ3) is 7.45. The summed E-state index contributed by atoms with van der Waals surface area (Å²) in [5.41, 5.74) is 0. The number of hydrogen-bond acceptors (Lipinski definition) is 4. The average Bonchev–Trinajstić information content (AvgIpc) is 2.83. The van der Waals surface area contributed by atoms with Crippen LogP contribution in [0, 0.1) is 0 Å². The summed E-state index contributed by atoms with van der Waals surface area (Å²) >= 11 is 4.98. The van der Waals surface area contributed by atoms with Gasteiger partial charge >= 0.3 is 12.0 Å². The van der Waals surface area contributed by atoms with E-state index < -0.39 is 18.0 Å². The maximum absolute atomic E-state index is 11.7. The molecule has 1 heterocycles. The zero-order valence-electron chi connectivity index (χ0n) is 11.7. The van der Waals surface area contributed by atoms with Crippen molar-refractivity contribution in [3.63, 3.8) is 0 Å². The monoisotopic (exact) mass is 378 g/mol. The Hall–Kier alpha value is -1.12. The van der Waals surface area contributed by atoms with Crippen molar-refractivity contribution in [2.75, 3.05) is 20.3 Å². The summed E-state index contributed by atoms with van der Waals surface area (Å²) in [5.74, 6) is -1.04. The summed E-state index contributed by atoms with van der Waals surface area (Å²) in [5, 5.41) is 14.2. The van der Waals surface area contributed by atoms with Gasteiger partial charge in [0.05, 0.1) is 3.79 Å². The number of nitrogens with one attached hydrogen (secondary N) is 2. The minimum absolute atomic E-state index is 0.342. The molecule has 6 nitrogen and oxygen atoms in total. The molecule has 1 unspecified atom stereocenters. The van der Waals surface area contributed by atoms with Crippen LogP contribution in [0.4, 0.5) is 4.79 Å². The summed E-state index contributed by atoms with van der Waals surface area (Å²) in [6.45, 7) is 0.934. The van der Waals surface area contributed by atoms with Crippen molar-refractivity contribution >= 4 is 39.3 Å². The van der Waals surface area contributed by atoms with Crippen molar-refractivity contribution in [2.24, 2.45) is 0 Å². The summed E-state index contributed by atoms with van der Waals surface area (Å²) in [6.07, 6.45) is 1.64. The smallest absolute Gasteiger partial charge is 0.326 e. The van der Waals surface area contributed by atoms with Crippen molar-refractivity contribution in [2.45, 2.75) is 25.3 Å². The molecule has 0 aliphatic rings. The van der Waals surface area contributed by atoms with Gasteiger partial charge in [0.1, 0.15) is 6.04 Å². The molecule has 1 aromatic rings. The standard InChI is InChI=1S/C13H19BrN2O4S/c1-20-8-2-3-10(12(17)18)16-13(19)15-7-6-9-4-5-11(14)21-9/h4-5,10H,2-3,6-8H2,1H3,(H,17,18)(H2,15,16,19). The molecular formula is C13H19BrN2O4S. The molecule has 118 valence electrons. The Morgan fingerprint density at radius 2 is 2.24 bits per heavy atom. The van der Waals surface area contributed by atoms with Crippen LogP contribution in [0.2, 0.25) is 0 Å². The minimum Gasteiger partial charge on any atom is -0.480 e. The molecule has 0 spiro atoms. The zero-order valence-corrected chi connectivity index (χ0v) is 14.1. The number of aliphatic carboxylic acids is 1. The van der Waals surface area contributed by atoms with Gasteiger partial charge in [-0.15, -0.1) is 11.3 Å². The highest BCUT2D eigenvalue weighted by Crippen LogP contribution is 2.21. The second-order valence-electron chi connectivity index (χ2n) is 4.38. The second-order valence-corrected chi connectivity index (χ2v) is 6.93. The lowest BCUT2D eigenvalue weighted by atomic mass is 10.1. The highest BCUT2D eigenvalue weighted by Gasteiger charge is 2.19. The summed E-state index contributed by atoms with van der Waals surface area (Å²) in [4.78, 5) is 23.9. The maximum atomic E-state index is 11.7. The van der Waals surface area contributed by atoms with Gasteiger partial charge in [-0.1, -0.05) is 0 Å². The van der Waals surface area contributed by atoms with Crippen LogP contribution in [0.5, 0.6) is 0 Å². The number of carbonyl (C=O) groups excluding carboxylic acids is 1. The SMILES string of the molecule is COCCCC(NC(=O)NCCc1ccc(Br)s1)C(=O)O. The van der Waals surface area contributed by atoms with E-state index in [9.17, 15) is 9.59 Å². The number of methoxy groups -OCH3 is 1. The Bertz CT molecular complexity index is 467. The quantitative estimate of drug-likeness (QED) is 0.575. The average molecular weight is 379 g/mol. The molecule has 8 heteroatoms. The molecule has 0 bridgehead atoms. The van der Waals surface area contributed by atoms with E-state index in [1.54, 1.807) is 18.4 Å². The molecule has 21 heavy (non-hydrogen) atoms. The highest BCUT2D eigenvalue weighted by atomic mass is 79.9. The van der Waals surface area contributed by atoms with Crippen molar-refractivity contribution < 1.29 is 19.4 Å². The van der Waals surface area contributed by atoms with E-state index in [4.69, 9.17) is 9.84 Å². The Morgan fingerprint density at radius 1 is 1.48 bits per heavy atom. The first-order valence-corrected chi connectivity index (χ1v) is 8.14. The van der Waals surface area contributed by atoms with Crippen LogP contribution in [-0.2, 0) is 16.0 Å². The number of carbonyl (C=O) groups is 2. The first kappa shape index (κ1) is 17.9. The third-order valence-electron chi connectivity index (χ3n) is 2.73. The molecule has 0 radical (unpaired) electrons. The van der Waals surface area contributed by atoms with E-state index in [0.717, 1.165) is 8.66 Å². The van der Waals surface area contributed by atoms with Crippen LogP contribution in [0.15, 0.2) is 15.9 Å². The molecule has 3 N–H and O–H groups in total. The molecule has 0 aliphatic carbocycles.